The average molecular weight is 391 g/mol. The molecule has 0 aromatic heterocycles. The van der Waals surface area contributed by atoms with Gasteiger partial charge >= 0.3 is 0 Å². The second kappa shape index (κ2) is 9.19. The zero-order valence-corrected chi connectivity index (χ0v) is 16.5. The number of anilines is 1. The van der Waals surface area contributed by atoms with Gasteiger partial charge in [-0.3, -0.25) is 14.4 Å². The minimum Gasteiger partial charge on any atom is -0.351 e. The maximum Gasteiger partial charge on any atom is 0.255 e. The van der Waals surface area contributed by atoms with Crippen LogP contribution in [0.5, 0.6) is 0 Å². The van der Waals surface area contributed by atoms with Gasteiger partial charge in [0, 0.05) is 29.9 Å². The molecule has 6 nitrogen and oxygen atoms in total. The van der Waals surface area contributed by atoms with Crippen LogP contribution in [-0.4, -0.2) is 41.8 Å². The number of aryl methyl sites for hydroxylation is 1. The summed E-state index contributed by atoms with van der Waals surface area (Å²) in [6.45, 7) is 6.45. The Balaban J connectivity index is 1.66. The van der Waals surface area contributed by atoms with Crippen molar-refractivity contribution < 1.29 is 14.4 Å². The van der Waals surface area contributed by atoms with Gasteiger partial charge in [0.2, 0.25) is 5.91 Å². The van der Waals surface area contributed by atoms with Crippen molar-refractivity contribution in [3.05, 3.63) is 77.9 Å². The Kier molecular flexibility index (Phi) is 6.44. The number of hydrogen-bond acceptors (Lipinski definition) is 3. The highest BCUT2D eigenvalue weighted by molar-refractivity contribution is 6.04. The number of benzene rings is 2. The van der Waals surface area contributed by atoms with Crippen molar-refractivity contribution in [2.24, 2.45) is 0 Å². The first-order valence-electron chi connectivity index (χ1n) is 9.67. The summed E-state index contributed by atoms with van der Waals surface area (Å²) in [5.41, 5.74) is 2.68. The van der Waals surface area contributed by atoms with Crippen LogP contribution in [0.3, 0.4) is 0 Å². The number of carbonyl (C=O) groups excluding carboxylic acids is 3. The topological polar surface area (TPSA) is 78.5 Å². The molecular weight excluding hydrogens is 366 g/mol. The molecule has 0 unspecified atom stereocenters. The molecule has 1 aliphatic rings. The Morgan fingerprint density at radius 3 is 2.59 bits per heavy atom. The summed E-state index contributed by atoms with van der Waals surface area (Å²) in [7, 11) is 0. The van der Waals surface area contributed by atoms with E-state index in [0.29, 0.717) is 36.3 Å². The molecule has 3 rings (SSSR count). The van der Waals surface area contributed by atoms with Crippen molar-refractivity contribution in [2.45, 2.75) is 25.8 Å². The Morgan fingerprint density at radius 2 is 1.90 bits per heavy atom. The third-order valence-electron chi connectivity index (χ3n) is 4.91. The molecule has 0 radical (unpaired) electrons. The molecule has 0 saturated carbocycles. The Bertz CT molecular complexity index is 921. The average Bonchev–Trinajstić information content (AvgIpc) is 3.22. The zero-order chi connectivity index (χ0) is 20.8. The van der Waals surface area contributed by atoms with E-state index in [4.69, 9.17) is 0 Å². The molecule has 2 aromatic rings. The number of nitrogens with zero attached hydrogens (tertiary/aromatic N) is 1. The minimum atomic E-state index is -0.455. The summed E-state index contributed by atoms with van der Waals surface area (Å²) in [6, 6.07) is 13.6. The van der Waals surface area contributed by atoms with Crippen molar-refractivity contribution in [3.8, 4) is 0 Å². The number of nitrogens with one attached hydrogen (secondary N) is 2. The fraction of sp³-hybridized carbons (Fsp3) is 0.261. The second-order valence-corrected chi connectivity index (χ2v) is 7.09. The van der Waals surface area contributed by atoms with Crippen molar-refractivity contribution in [3.63, 3.8) is 0 Å². The van der Waals surface area contributed by atoms with Crippen molar-refractivity contribution in [1.82, 2.24) is 10.2 Å². The summed E-state index contributed by atoms with van der Waals surface area (Å²) in [5, 5.41) is 5.60. The fourth-order valence-electron chi connectivity index (χ4n) is 3.42. The molecule has 1 atom stereocenters. The molecule has 3 amide bonds. The van der Waals surface area contributed by atoms with Gasteiger partial charge in [-0.15, -0.1) is 6.58 Å². The first-order valence-corrected chi connectivity index (χ1v) is 9.67. The SMILES string of the molecule is C=CCNC(=O)[C@@H]1CCCN1C(=O)c1ccc(NC(=O)c2cccc(C)c2)cc1. The van der Waals surface area contributed by atoms with E-state index in [-0.39, 0.29) is 17.7 Å². The van der Waals surface area contributed by atoms with Gasteiger partial charge in [0.25, 0.3) is 11.8 Å². The summed E-state index contributed by atoms with van der Waals surface area (Å²) in [5.74, 6) is -0.540. The highest BCUT2D eigenvalue weighted by Gasteiger charge is 2.34. The van der Waals surface area contributed by atoms with Crippen LogP contribution in [0.15, 0.2) is 61.2 Å². The molecule has 2 aromatic carbocycles. The van der Waals surface area contributed by atoms with Gasteiger partial charge in [-0.2, -0.15) is 0 Å². The Labute approximate surface area is 170 Å². The highest BCUT2D eigenvalue weighted by atomic mass is 16.2. The molecule has 150 valence electrons. The third kappa shape index (κ3) is 4.90. The first-order chi connectivity index (χ1) is 14.0. The normalized spacial score (nSPS) is 15.6. The van der Waals surface area contributed by atoms with Gasteiger partial charge in [0.15, 0.2) is 0 Å². The third-order valence-corrected chi connectivity index (χ3v) is 4.91. The number of amides is 3. The predicted molar refractivity (Wildman–Crippen MR) is 113 cm³/mol. The standard InChI is InChI=1S/C23H25N3O3/c1-3-13-24-22(28)20-8-5-14-26(20)23(29)17-9-11-19(12-10-17)25-21(27)18-7-4-6-16(2)15-18/h3-4,6-7,9-12,15,20H,1,5,8,13-14H2,2H3,(H,24,28)(H,25,27)/t20-/m0/s1. The number of hydrogen-bond donors (Lipinski definition) is 2. The van der Waals surface area contributed by atoms with E-state index in [2.05, 4.69) is 17.2 Å². The lowest BCUT2D eigenvalue weighted by atomic mass is 10.1. The molecular formula is C23H25N3O3. The van der Waals surface area contributed by atoms with Crippen LogP contribution in [0.4, 0.5) is 5.69 Å². The van der Waals surface area contributed by atoms with Gasteiger partial charge in [-0.05, 0) is 56.2 Å². The molecule has 0 bridgehead atoms. The molecule has 1 saturated heterocycles. The molecule has 0 aliphatic carbocycles. The lowest BCUT2D eigenvalue weighted by Gasteiger charge is -2.24. The quantitative estimate of drug-likeness (QED) is 0.743. The minimum absolute atomic E-state index is 0.155. The van der Waals surface area contributed by atoms with Crippen LogP contribution in [0, 0.1) is 6.92 Å². The highest BCUT2D eigenvalue weighted by Crippen LogP contribution is 2.21. The van der Waals surface area contributed by atoms with Crippen LogP contribution in [0.1, 0.15) is 39.1 Å². The van der Waals surface area contributed by atoms with Gasteiger partial charge < -0.3 is 15.5 Å². The largest absolute Gasteiger partial charge is 0.351 e. The molecule has 6 heteroatoms. The number of carbonyl (C=O) groups is 3. The maximum atomic E-state index is 12.9. The Hall–Kier alpha value is -3.41. The van der Waals surface area contributed by atoms with Crippen molar-refractivity contribution in [1.29, 1.82) is 0 Å². The van der Waals surface area contributed by atoms with Gasteiger partial charge in [0.1, 0.15) is 6.04 Å². The summed E-state index contributed by atoms with van der Waals surface area (Å²) in [6.07, 6.45) is 3.06. The van der Waals surface area contributed by atoms with E-state index in [1.165, 1.54) is 0 Å². The summed E-state index contributed by atoms with van der Waals surface area (Å²) >= 11 is 0. The molecule has 1 aliphatic heterocycles. The van der Waals surface area contributed by atoms with Gasteiger partial charge in [-0.25, -0.2) is 0 Å². The number of likely N-dealkylation sites (tertiary alicyclic amines) is 1. The van der Waals surface area contributed by atoms with Crippen molar-refractivity contribution >= 4 is 23.4 Å². The van der Waals surface area contributed by atoms with Crippen molar-refractivity contribution in [2.75, 3.05) is 18.4 Å². The second-order valence-electron chi connectivity index (χ2n) is 7.09. The zero-order valence-electron chi connectivity index (χ0n) is 16.5. The smallest absolute Gasteiger partial charge is 0.255 e. The van der Waals surface area contributed by atoms with E-state index < -0.39 is 6.04 Å². The Morgan fingerprint density at radius 1 is 1.14 bits per heavy atom. The van der Waals surface area contributed by atoms with Gasteiger partial charge in [-0.1, -0.05) is 23.8 Å². The van der Waals surface area contributed by atoms with E-state index in [9.17, 15) is 14.4 Å². The van der Waals surface area contributed by atoms with Crippen LogP contribution in [-0.2, 0) is 4.79 Å². The first kappa shape index (κ1) is 20.3. The molecule has 29 heavy (non-hydrogen) atoms. The van der Waals surface area contributed by atoms with Crippen LogP contribution in [0.2, 0.25) is 0 Å². The monoisotopic (exact) mass is 391 g/mol. The number of rotatable bonds is 6. The predicted octanol–water partition coefficient (Wildman–Crippen LogP) is 3.15. The summed E-state index contributed by atoms with van der Waals surface area (Å²) < 4.78 is 0. The fourth-order valence-corrected chi connectivity index (χ4v) is 3.42. The summed E-state index contributed by atoms with van der Waals surface area (Å²) in [4.78, 5) is 39.1. The van der Waals surface area contributed by atoms with Crippen LogP contribution in [0.25, 0.3) is 0 Å². The maximum absolute atomic E-state index is 12.9. The molecule has 1 fully saturated rings. The molecule has 2 N–H and O–H groups in total. The van der Waals surface area contributed by atoms with E-state index in [1.54, 1.807) is 41.3 Å². The molecule has 0 spiro atoms. The van der Waals surface area contributed by atoms with Crippen LogP contribution >= 0.6 is 0 Å². The van der Waals surface area contributed by atoms with E-state index in [1.807, 2.05) is 25.1 Å². The lowest BCUT2D eigenvalue weighted by molar-refractivity contribution is -0.124. The van der Waals surface area contributed by atoms with Gasteiger partial charge in [0.05, 0.1) is 0 Å². The van der Waals surface area contributed by atoms with E-state index >= 15 is 0 Å². The van der Waals surface area contributed by atoms with E-state index in [0.717, 1.165) is 12.0 Å². The lowest BCUT2D eigenvalue weighted by Crippen LogP contribution is -2.46. The molecule has 1 heterocycles. The van der Waals surface area contributed by atoms with Crippen LogP contribution < -0.4 is 10.6 Å².